The molecule has 7 heteroatoms. The minimum atomic E-state index is -4.53. The number of aromatic nitrogens is 3. The smallest absolute Gasteiger partial charge is 0.242 e. The van der Waals surface area contributed by atoms with E-state index in [1.807, 2.05) is 6.07 Å². The number of halogens is 4. The number of hydrogen-bond acceptors (Lipinski definition) is 2. The Labute approximate surface area is 93.5 Å². The van der Waals surface area contributed by atoms with E-state index in [1.165, 1.54) is 18.3 Å². The van der Waals surface area contributed by atoms with Crippen LogP contribution in [-0.2, 0) is 6.18 Å². The first kappa shape index (κ1) is 10.9. The van der Waals surface area contributed by atoms with Crippen molar-refractivity contribution in [2.24, 2.45) is 0 Å². The third-order valence-electron chi connectivity index (χ3n) is 1.82. The van der Waals surface area contributed by atoms with Crippen molar-refractivity contribution >= 4 is 11.6 Å². The van der Waals surface area contributed by atoms with Crippen molar-refractivity contribution in [2.45, 2.75) is 6.18 Å². The highest BCUT2D eigenvalue weighted by Gasteiger charge is 2.35. The molecular weight excluding hydrogens is 243 g/mol. The first-order chi connectivity index (χ1) is 7.50. The van der Waals surface area contributed by atoms with Crippen LogP contribution in [0, 0.1) is 6.07 Å². The molecule has 2 heterocycles. The molecule has 0 aliphatic carbocycles. The Kier molecular flexibility index (Phi) is 2.59. The molecule has 2 rings (SSSR count). The summed E-state index contributed by atoms with van der Waals surface area (Å²) in [6.45, 7) is 0. The minimum Gasteiger partial charge on any atom is -0.242 e. The summed E-state index contributed by atoms with van der Waals surface area (Å²) in [5.41, 5.74) is -0.944. The zero-order valence-corrected chi connectivity index (χ0v) is 8.42. The van der Waals surface area contributed by atoms with Crippen molar-refractivity contribution in [1.82, 2.24) is 14.8 Å². The summed E-state index contributed by atoms with van der Waals surface area (Å²) < 4.78 is 38.3. The van der Waals surface area contributed by atoms with Crippen LogP contribution in [-0.4, -0.2) is 14.8 Å². The van der Waals surface area contributed by atoms with E-state index in [9.17, 15) is 13.2 Å². The molecule has 0 atom stereocenters. The van der Waals surface area contributed by atoms with Crippen LogP contribution >= 0.6 is 11.6 Å². The molecule has 2 aromatic heterocycles. The molecule has 1 radical (unpaired) electrons. The Balaban J connectivity index is 2.58. The van der Waals surface area contributed by atoms with Gasteiger partial charge >= 0.3 is 6.18 Å². The summed E-state index contributed by atoms with van der Waals surface area (Å²) in [7, 11) is 0. The van der Waals surface area contributed by atoms with Gasteiger partial charge in [-0.1, -0.05) is 11.6 Å². The van der Waals surface area contributed by atoms with Crippen molar-refractivity contribution in [3.63, 3.8) is 0 Å². The first-order valence-corrected chi connectivity index (χ1v) is 4.52. The van der Waals surface area contributed by atoms with Gasteiger partial charge in [0, 0.05) is 12.3 Å². The second-order valence-electron chi connectivity index (χ2n) is 2.86. The van der Waals surface area contributed by atoms with Gasteiger partial charge in [0.15, 0.2) is 10.8 Å². The molecule has 0 amide bonds. The number of nitrogens with zero attached hydrogens (tertiary/aromatic N) is 3. The fourth-order valence-corrected chi connectivity index (χ4v) is 1.39. The van der Waals surface area contributed by atoms with Gasteiger partial charge in [-0.05, 0) is 12.1 Å². The predicted octanol–water partition coefficient (Wildman–Crippen LogP) is 2.74. The molecule has 0 unspecified atom stereocenters. The van der Waals surface area contributed by atoms with Crippen molar-refractivity contribution in [2.75, 3.05) is 0 Å². The van der Waals surface area contributed by atoms with E-state index in [0.717, 1.165) is 6.20 Å². The van der Waals surface area contributed by atoms with Gasteiger partial charge in [0.25, 0.3) is 0 Å². The second-order valence-corrected chi connectivity index (χ2v) is 3.22. The highest BCUT2D eigenvalue weighted by atomic mass is 35.5. The lowest BCUT2D eigenvalue weighted by atomic mass is 10.3. The molecule has 0 aliphatic rings. The maximum atomic E-state index is 12.5. The quantitative estimate of drug-likeness (QED) is 0.725. The molecular formula is C9H4ClF3N3. The van der Waals surface area contributed by atoms with Crippen LogP contribution in [0.25, 0.3) is 5.69 Å². The summed E-state index contributed by atoms with van der Waals surface area (Å²) in [6.07, 6.45) is -2.21. The number of hydrogen-bond donors (Lipinski definition) is 0. The Morgan fingerprint density at radius 3 is 2.75 bits per heavy atom. The summed E-state index contributed by atoms with van der Waals surface area (Å²) in [6, 6.07) is 4.88. The normalized spacial score (nSPS) is 11.8. The highest BCUT2D eigenvalue weighted by molar-refractivity contribution is 6.31. The van der Waals surface area contributed by atoms with E-state index in [4.69, 9.17) is 11.6 Å². The lowest BCUT2D eigenvalue weighted by Crippen LogP contribution is -2.13. The average molecular weight is 247 g/mol. The van der Waals surface area contributed by atoms with Gasteiger partial charge in [0.05, 0.1) is 6.20 Å². The van der Waals surface area contributed by atoms with E-state index in [1.54, 1.807) is 0 Å². The molecule has 0 aliphatic heterocycles. The van der Waals surface area contributed by atoms with E-state index < -0.39 is 11.9 Å². The molecule has 16 heavy (non-hydrogen) atoms. The van der Waals surface area contributed by atoms with Crippen LogP contribution in [0.5, 0.6) is 0 Å². The van der Waals surface area contributed by atoms with Gasteiger partial charge in [0.2, 0.25) is 0 Å². The predicted molar refractivity (Wildman–Crippen MR) is 50.2 cm³/mol. The topological polar surface area (TPSA) is 30.7 Å². The average Bonchev–Trinajstić information content (AvgIpc) is 2.66. The van der Waals surface area contributed by atoms with Crippen LogP contribution in [0.2, 0.25) is 5.15 Å². The van der Waals surface area contributed by atoms with Gasteiger partial charge in [-0.15, -0.1) is 0 Å². The standard InChI is InChI=1S/C9H4ClF3N3/c10-8-6(2-1-4-14-8)16-7(3-5-15-16)9(11,12)13/h1-2,4-5H. The molecule has 0 saturated heterocycles. The van der Waals surface area contributed by atoms with Gasteiger partial charge in [-0.3, -0.25) is 0 Å². The van der Waals surface area contributed by atoms with Crippen LogP contribution < -0.4 is 0 Å². The van der Waals surface area contributed by atoms with E-state index in [0.29, 0.717) is 4.68 Å². The fourth-order valence-electron chi connectivity index (χ4n) is 1.19. The van der Waals surface area contributed by atoms with E-state index in [2.05, 4.69) is 10.1 Å². The van der Waals surface area contributed by atoms with Crippen molar-refractivity contribution in [3.05, 3.63) is 41.4 Å². The van der Waals surface area contributed by atoms with Crippen LogP contribution in [0.1, 0.15) is 5.69 Å². The molecule has 0 saturated carbocycles. The number of rotatable bonds is 1. The third-order valence-corrected chi connectivity index (χ3v) is 2.11. The molecule has 0 spiro atoms. The van der Waals surface area contributed by atoms with Crippen molar-refractivity contribution in [3.8, 4) is 5.69 Å². The highest BCUT2D eigenvalue weighted by Crippen LogP contribution is 2.31. The molecule has 3 nitrogen and oxygen atoms in total. The molecule has 0 aromatic carbocycles. The van der Waals surface area contributed by atoms with Crippen molar-refractivity contribution in [1.29, 1.82) is 0 Å². The van der Waals surface area contributed by atoms with Gasteiger partial charge in [-0.25, -0.2) is 9.67 Å². The summed E-state index contributed by atoms with van der Waals surface area (Å²) >= 11 is 5.68. The molecule has 2 aromatic rings. The van der Waals surface area contributed by atoms with E-state index in [-0.39, 0.29) is 10.8 Å². The lowest BCUT2D eigenvalue weighted by Gasteiger charge is -2.10. The Morgan fingerprint density at radius 1 is 1.38 bits per heavy atom. The SMILES string of the molecule is FC(F)(F)c1[c]cnn1-c1cccnc1Cl. The largest absolute Gasteiger partial charge is 0.434 e. The third kappa shape index (κ3) is 1.88. The summed E-state index contributed by atoms with van der Waals surface area (Å²) in [5.74, 6) is 0. The molecule has 83 valence electrons. The second kappa shape index (κ2) is 3.79. The van der Waals surface area contributed by atoms with Crippen molar-refractivity contribution < 1.29 is 13.2 Å². The molecule has 0 bridgehead atoms. The zero-order valence-electron chi connectivity index (χ0n) is 7.66. The number of alkyl halides is 3. The minimum absolute atomic E-state index is 0.0508. The summed E-state index contributed by atoms with van der Waals surface area (Å²) in [4.78, 5) is 3.68. The zero-order chi connectivity index (χ0) is 11.8. The van der Waals surface area contributed by atoms with Gasteiger partial charge < -0.3 is 0 Å². The van der Waals surface area contributed by atoms with Crippen LogP contribution in [0.15, 0.2) is 24.5 Å². The maximum Gasteiger partial charge on any atom is 0.434 e. The Hall–Kier alpha value is -1.56. The van der Waals surface area contributed by atoms with Crippen LogP contribution in [0.4, 0.5) is 13.2 Å². The Bertz CT molecular complexity index is 507. The monoisotopic (exact) mass is 246 g/mol. The lowest BCUT2D eigenvalue weighted by molar-refractivity contribution is -0.143. The van der Waals surface area contributed by atoms with Crippen LogP contribution in [0.3, 0.4) is 0 Å². The van der Waals surface area contributed by atoms with E-state index >= 15 is 0 Å². The maximum absolute atomic E-state index is 12.5. The van der Waals surface area contributed by atoms with Gasteiger partial charge in [-0.2, -0.15) is 18.3 Å². The molecule has 0 fully saturated rings. The summed E-state index contributed by atoms with van der Waals surface area (Å²) in [5, 5.41) is 3.48. The molecule has 0 N–H and O–H groups in total. The number of pyridine rings is 1. The fraction of sp³-hybridized carbons (Fsp3) is 0.111. The first-order valence-electron chi connectivity index (χ1n) is 4.14. The van der Waals surface area contributed by atoms with Gasteiger partial charge in [0.1, 0.15) is 5.69 Å². The Morgan fingerprint density at radius 2 is 2.12 bits per heavy atom.